The molecule has 2 aromatic heterocycles. The molecule has 1 aromatic carbocycles. The highest BCUT2D eigenvalue weighted by Gasteiger charge is 2.04. The lowest BCUT2D eigenvalue weighted by Gasteiger charge is -2.13. The number of nitrogens with zero attached hydrogens (tertiary/aromatic N) is 3. The first-order valence-electron chi connectivity index (χ1n) is 6.64. The van der Waals surface area contributed by atoms with Gasteiger partial charge in [0.1, 0.15) is 0 Å². The van der Waals surface area contributed by atoms with E-state index in [1.165, 1.54) is 0 Å². The summed E-state index contributed by atoms with van der Waals surface area (Å²) in [5.41, 5.74) is 3.07. The molecular formula is C16H16N4S. The predicted octanol–water partition coefficient (Wildman–Crippen LogP) is 4.01. The molecule has 1 N–H and O–H groups in total. The monoisotopic (exact) mass is 296 g/mol. The van der Waals surface area contributed by atoms with E-state index in [0.717, 1.165) is 21.9 Å². The van der Waals surface area contributed by atoms with Gasteiger partial charge in [-0.3, -0.25) is 0 Å². The third-order valence-corrected chi connectivity index (χ3v) is 3.96. The molecule has 0 unspecified atom stereocenters. The minimum absolute atomic E-state index is 0.610. The molecule has 21 heavy (non-hydrogen) atoms. The molecule has 0 saturated carbocycles. The Hall–Kier alpha value is -2.40. The van der Waals surface area contributed by atoms with Gasteiger partial charge < -0.3 is 10.2 Å². The van der Waals surface area contributed by atoms with Crippen molar-refractivity contribution in [2.45, 2.75) is 0 Å². The zero-order chi connectivity index (χ0) is 14.7. The Bertz CT molecular complexity index is 705. The Morgan fingerprint density at radius 1 is 1.05 bits per heavy atom. The van der Waals surface area contributed by atoms with Gasteiger partial charge in [-0.15, -0.1) is 11.3 Å². The van der Waals surface area contributed by atoms with Crippen LogP contribution in [0.3, 0.4) is 0 Å². The first-order valence-corrected chi connectivity index (χ1v) is 7.52. The maximum absolute atomic E-state index is 4.55. The van der Waals surface area contributed by atoms with Crippen LogP contribution in [0.25, 0.3) is 10.6 Å². The summed E-state index contributed by atoms with van der Waals surface area (Å²) in [5.74, 6) is 0.610. The van der Waals surface area contributed by atoms with Crippen LogP contribution in [0.2, 0.25) is 0 Å². The van der Waals surface area contributed by atoms with Crippen molar-refractivity contribution in [2.75, 3.05) is 24.3 Å². The highest BCUT2D eigenvalue weighted by atomic mass is 32.1. The van der Waals surface area contributed by atoms with E-state index >= 15 is 0 Å². The minimum atomic E-state index is 0.610. The number of hydrogen-bond acceptors (Lipinski definition) is 5. The van der Waals surface area contributed by atoms with E-state index in [1.54, 1.807) is 17.5 Å². The molecule has 0 bridgehead atoms. The van der Waals surface area contributed by atoms with Gasteiger partial charge in [-0.05, 0) is 41.8 Å². The number of nitrogens with one attached hydrogen (secondary N) is 1. The minimum Gasteiger partial charge on any atom is -0.378 e. The molecule has 0 aliphatic carbocycles. The molecule has 4 nitrogen and oxygen atoms in total. The zero-order valence-electron chi connectivity index (χ0n) is 11.9. The fourth-order valence-corrected chi connectivity index (χ4v) is 2.65. The van der Waals surface area contributed by atoms with Gasteiger partial charge in [-0.1, -0.05) is 6.07 Å². The van der Waals surface area contributed by atoms with Crippen LogP contribution in [0.15, 0.2) is 54.0 Å². The molecule has 0 aliphatic heterocycles. The van der Waals surface area contributed by atoms with Crippen LogP contribution < -0.4 is 10.2 Å². The molecule has 3 aromatic rings. The summed E-state index contributed by atoms with van der Waals surface area (Å²) in [6.45, 7) is 0. The summed E-state index contributed by atoms with van der Waals surface area (Å²) < 4.78 is 0. The van der Waals surface area contributed by atoms with E-state index in [1.807, 2.05) is 43.7 Å². The first-order chi connectivity index (χ1) is 10.2. The molecule has 0 atom stereocenters. The van der Waals surface area contributed by atoms with E-state index in [0.29, 0.717) is 5.95 Å². The number of anilines is 3. The van der Waals surface area contributed by atoms with Crippen LogP contribution >= 0.6 is 11.3 Å². The molecule has 106 valence electrons. The Kier molecular flexibility index (Phi) is 3.83. The van der Waals surface area contributed by atoms with Crippen molar-refractivity contribution in [3.05, 3.63) is 54.0 Å². The second-order valence-electron chi connectivity index (χ2n) is 4.81. The van der Waals surface area contributed by atoms with E-state index in [-0.39, 0.29) is 0 Å². The summed E-state index contributed by atoms with van der Waals surface area (Å²) >= 11 is 1.67. The topological polar surface area (TPSA) is 41.0 Å². The summed E-state index contributed by atoms with van der Waals surface area (Å²) in [5, 5.41) is 5.28. The lowest BCUT2D eigenvalue weighted by Crippen LogP contribution is -2.08. The molecule has 0 radical (unpaired) electrons. The maximum atomic E-state index is 4.55. The van der Waals surface area contributed by atoms with Crippen molar-refractivity contribution < 1.29 is 0 Å². The van der Waals surface area contributed by atoms with Gasteiger partial charge in [0.25, 0.3) is 0 Å². The zero-order valence-corrected chi connectivity index (χ0v) is 12.8. The van der Waals surface area contributed by atoms with Crippen LogP contribution in [0.4, 0.5) is 17.3 Å². The third-order valence-electron chi connectivity index (χ3n) is 3.07. The van der Waals surface area contributed by atoms with Crippen LogP contribution in [-0.4, -0.2) is 24.1 Å². The van der Waals surface area contributed by atoms with Crippen molar-refractivity contribution in [1.29, 1.82) is 0 Å². The Morgan fingerprint density at radius 3 is 2.52 bits per heavy atom. The number of aromatic nitrogens is 2. The SMILES string of the molecule is CN(C)c1ccc(Nc2nccc(-c3cccs3)n2)cc1. The van der Waals surface area contributed by atoms with Gasteiger partial charge in [0.05, 0.1) is 10.6 Å². The van der Waals surface area contributed by atoms with Crippen LogP contribution in [0.5, 0.6) is 0 Å². The molecule has 0 spiro atoms. The largest absolute Gasteiger partial charge is 0.378 e. The molecule has 0 amide bonds. The lowest BCUT2D eigenvalue weighted by molar-refractivity contribution is 1.13. The molecule has 5 heteroatoms. The normalized spacial score (nSPS) is 10.4. The van der Waals surface area contributed by atoms with Crippen molar-refractivity contribution in [1.82, 2.24) is 9.97 Å². The molecule has 0 fully saturated rings. The lowest BCUT2D eigenvalue weighted by atomic mass is 10.2. The smallest absolute Gasteiger partial charge is 0.227 e. The number of thiophene rings is 1. The van der Waals surface area contributed by atoms with Crippen molar-refractivity contribution >= 4 is 28.7 Å². The molecule has 3 rings (SSSR count). The third kappa shape index (κ3) is 3.20. The molecule has 0 aliphatic rings. The molecule has 0 saturated heterocycles. The van der Waals surface area contributed by atoms with Gasteiger partial charge in [-0.2, -0.15) is 0 Å². The Morgan fingerprint density at radius 2 is 1.86 bits per heavy atom. The van der Waals surface area contributed by atoms with Crippen LogP contribution in [0.1, 0.15) is 0 Å². The summed E-state index contributed by atoms with van der Waals surface area (Å²) in [7, 11) is 4.05. The van der Waals surface area contributed by atoms with E-state index < -0.39 is 0 Å². The first kappa shape index (κ1) is 13.6. The molecule has 2 heterocycles. The molecular weight excluding hydrogens is 280 g/mol. The fourth-order valence-electron chi connectivity index (χ4n) is 1.95. The second-order valence-corrected chi connectivity index (χ2v) is 5.76. The van der Waals surface area contributed by atoms with Crippen LogP contribution in [0, 0.1) is 0 Å². The van der Waals surface area contributed by atoms with Gasteiger partial charge >= 0.3 is 0 Å². The highest BCUT2D eigenvalue weighted by Crippen LogP contribution is 2.24. The Balaban J connectivity index is 1.80. The van der Waals surface area contributed by atoms with Crippen molar-refractivity contribution in [3.8, 4) is 10.6 Å². The predicted molar refractivity (Wildman–Crippen MR) is 89.4 cm³/mol. The fraction of sp³-hybridized carbons (Fsp3) is 0.125. The van der Waals surface area contributed by atoms with Crippen LogP contribution in [-0.2, 0) is 0 Å². The average molecular weight is 296 g/mol. The quantitative estimate of drug-likeness (QED) is 0.789. The van der Waals surface area contributed by atoms with Crippen molar-refractivity contribution in [2.24, 2.45) is 0 Å². The standard InChI is InChI=1S/C16H16N4S/c1-20(2)13-7-5-12(6-8-13)18-16-17-10-9-14(19-16)15-4-3-11-21-15/h3-11H,1-2H3,(H,17,18,19). The highest BCUT2D eigenvalue weighted by molar-refractivity contribution is 7.13. The summed E-state index contributed by atoms with van der Waals surface area (Å²) in [4.78, 5) is 12.0. The van der Waals surface area contributed by atoms with Gasteiger partial charge in [0, 0.05) is 31.7 Å². The number of rotatable bonds is 4. The van der Waals surface area contributed by atoms with Gasteiger partial charge in [0.15, 0.2) is 0 Å². The van der Waals surface area contributed by atoms with E-state index in [9.17, 15) is 0 Å². The Labute approximate surface area is 128 Å². The summed E-state index contributed by atoms with van der Waals surface area (Å²) in [6, 6.07) is 14.2. The van der Waals surface area contributed by atoms with Gasteiger partial charge in [0.2, 0.25) is 5.95 Å². The number of hydrogen-bond donors (Lipinski definition) is 1. The average Bonchev–Trinajstić information content (AvgIpc) is 3.02. The number of benzene rings is 1. The van der Waals surface area contributed by atoms with E-state index in [4.69, 9.17) is 0 Å². The van der Waals surface area contributed by atoms with Crippen molar-refractivity contribution in [3.63, 3.8) is 0 Å². The summed E-state index contributed by atoms with van der Waals surface area (Å²) in [6.07, 6.45) is 1.78. The maximum Gasteiger partial charge on any atom is 0.227 e. The van der Waals surface area contributed by atoms with E-state index in [2.05, 4.69) is 38.4 Å². The second kappa shape index (κ2) is 5.93. The van der Waals surface area contributed by atoms with Gasteiger partial charge in [-0.25, -0.2) is 9.97 Å².